The van der Waals surface area contributed by atoms with Crippen molar-refractivity contribution in [2.24, 2.45) is 4.99 Å². The smallest absolute Gasteiger partial charge is 0.159 e. The van der Waals surface area contributed by atoms with Crippen LogP contribution in [-0.4, -0.2) is 48.0 Å². The Morgan fingerprint density at radius 3 is 2.62 bits per heavy atom. The standard InChI is InChI=1S/C15H17FN4S/c1-11-10-18-15(21-11)20-7-5-19(6-8-20)14-4-2-3-13(16)12(14)9-17/h2-4,11H,5-8,10H2,1H3. The van der Waals surface area contributed by atoms with E-state index in [4.69, 9.17) is 5.26 Å². The number of nitrogens with zero attached hydrogens (tertiary/aromatic N) is 4. The minimum absolute atomic E-state index is 0.146. The second-order valence-electron chi connectivity index (χ2n) is 5.27. The molecule has 0 N–H and O–H groups in total. The summed E-state index contributed by atoms with van der Waals surface area (Å²) in [4.78, 5) is 8.93. The molecule has 3 rings (SSSR count). The molecule has 0 spiro atoms. The van der Waals surface area contributed by atoms with Gasteiger partial charge in [-0.1, -0.05) is 24.8 Å². The fourth-order valence-electron chi connectivity index (χ4n) is 2.66. The van der Waals surface area contributed by atoms with E-state index in [1.807, 2.05) is 23.9 Å². The summed E-state index contributed by atoms with van der Waals surface area (Å²) in [6, 6.07) is 6.80. The zero-order chi connectivity index (χ0) is 14.8. The maximum absolute atomic E-state index is 13.7. The molecule has 110 valence electrons. The van der Waals surface area contributed by atoms with Crippen molar-refractivity contribution in [3.63, 3.8) is 0 Å². The van der Waals surface area contributed by atoms with Crippen molar-refractivity contribution < 1.29 is 4.39 Å². The number of hydrogen-bond donors (Lipinski definition) is 0. The molecule has 0 aliphatic carbocycles. The van der Waals surface area contributed by atoms with Gasteiger partial charge in [0.15, 0.2) is 5.17 Å². The Hall–Kier alpha value is -1.74. The highest BCUT2D eigenvalue weighted by Crippen LogP contribution is 2.27. The van der Waals surface area contributed by atoms with Gasteiger partial charge in [0.05, 0.1) is 12.2 Å². The Bertz CT molecular complexity index is 602. The number of aliphatic imine (C=N–C) groups is 1. The molecule has 0 bridgehead atoms. The van der Waals surface area contributed by atoms with Crippen molar-refractivity contribution in [1.29, 1.82) is 5.26 Å². The molecule has 2 aliphatic heterocycles. The second-order valence-corrected chi connectivity index (χ2v) is 6.68. The topological polar surface area (TPSA) is 42.6 Å². The summed E-state index contributed by atoms with van der Waals surface area (Å²) in [6.45, 7) is 6.37. The SMILES string of the molecule is CC1CN=C(N2CCN(c3cccc(F)c3C#N)CC2)S1. The van der Waals surface area contributed by atoms with Crippen molar-refractivity contribution >= 4 is 22.6 Å². The van der Waals surface area contributed by atoms with Crippen molar-refractivity contribution in [3.05, 3.63) is 29.6 Å². The van der Waals surface area contributed by atoms with Crippen molar-refractivity contribution in [1.82, 2.24) is 4.90 Å². The van der Waals surface area contributed by atoms with E-state index in [2.05, 4.69) is 21.7 Å². The zero-order valence-electron chi connectivity index (χ0n) is 11.9. The Morgan fingerprint density at radius 2 is 2.00 bits per heavy atom. The third-order valence-corrected chi connectivity index (χ3v) is 4.93. The van der Waals surface area contributed by atoms with E-state index in [-0.39, 0.29) is 5.56 Å². The van der Waals surface area contributed by atoms with Crippen LogP contribution in [0.4, 0.5) is 10.1 Å². The normalized spacial score (nSPS) is 22.1. The monoisotopic (exact) mass is 304 g/mol. The highest BCUT2D eigenvalue weighted by Gasteiger charge is 2.26. The first-order valence-corrected chi connectivity index (χ1v) is 7.96. The molecule has 1 atom stereocenters. The molecule has 1 fully saturated rings. The number of hydrogen-bond acceptors (Lipinski definition) is 5. The number of piperazine rings is 1. The Kier molecular flexibility index (Phi) is 4.02. The summed E-state index contributed by atoms with van der Waals surface area (Å²) >= 11 is 1.82. The highest BCUT2D eigenvalue weighted by molar-refractivity contribution is 8.14. The fourth-order valence-corrected chi connectivity index (χ4v) is 3.65. The van der Waals surface area contributed by atoms with E-state index in [0.717, 1.165) is 37.9 Å². The van der Waals surface area contributed by atoms with Gasteiger partial charge >= 0.3 is 0 Å². The van der Waals surface area contributed by atoms with E-state index in [9.17, 15) is 4.39 Å². The van der Waals surface area contributed by atoms with E-state index in [0.29, 0.717) is 10.9 Å². The van der Waals surface area contributed by atoms with Crippen LogP contribution in [0.1, 0.15) is 12.5 Å². The van der Waals surface area contributed by atoms with Gasteiger partial charge < -0.3 is 9.80 Å². The molecule has 6 heteroatoms. The van der Waals surface area contributed by atoms with Gasteiger partial charge in [-0.15, -0.1) is 0 Å². The van der Waals surface area contributed by atoms with Crippen LogP contribution in [-0.2, 0) is 0 Å². The lowest BCUT2D eigenvalue weighted by atomic mass is 10.1. The summed E-state index contributed by atoms with van der Waals surface area (Å²) in [5, 5.41) is 10.8. The van der Waals surface area contributed by atoms with Crippen LogP contribution in [0.2, 0.25) is 0 Å². The molecule has 21 heavy (non-hydrogen) atoms. The quantitative estimate of drug-likeness (QED) is 0.798. The zero-order valence-corrected chi connectivity index (χ0v) is 12.7. The molecular weight excluding hydrogens is 287 g/mol. The summed E-state index contributed by atoms with van der Waals surface area (Å²) in [5.74, 6) is -0.443. The largest absolute Gasteiger partial charge is 0.367 e. The van der Waals surface area contributed by atoms with Crippen LogP contribution in [0.3, 0.4) is 0 Å². The van der Waals surface area contributed by atoms with Gasteiger partial charge in [0.25, 0.3) is 0 Å². The van der Waals surface area contributed by atoms with Gasteiger partial charge in [-0.3, -0.25) is 4.99 Å². The van der Waals surface area contributed by atoms with E-state index < -0.39 is 5.82 Å². The number of anilines is 1. The number of nitriles is 1. The Morgan fingerprint density at radius 1 is 1.29 bits per heavy atom. The first-order chi connectivity index (χ1) is 10.2. The van der Waals surface area contributed by atoms with Crippen LogP contribution in [0, 0.1) is 17.1 Å². The maximum atomic E-state index is 13.7. The number of rotatable bonds is 1. The first kappa shape index (κ1) is 14.2. The molecule has 2 aliphatic rings. The molecule has 0 amide bonds. The predicted molar refractivity (Wildman–Crippen MR) is 84.3 cm³/mol. The van der Waals surface area contributed by atoms with Crippen molar-refractivity contribution in [2.75, 3.05) is 37.6 Å². The van der Waals surface area contributed by atoms with Gasteiger partial charge in [-0.05, 0) is 12.1 Å². The van der Waals surface area contributed by atoms with Gasteiger partial charge in [0.2, 0.25) is 0 Å². The van der Waals surface area contributed by atoms with Crippen LogP contribution >= 0.6 is 11.8 Å². The summed E-state index contributed by atoms with van der Waals surface area (Å²) in [6.07, 6.45) is 0. The van der Waals surface area contributed by atoms with Crippen LogP contribution in [0.5, 0.6) is 0 Å². The van der Waals surface area contributed by atoms with Gasteiger partial charge in [-0.25, -0.2) is 4.39 Å². The van der Waals surface area contributed by atoms with E-state index in [1.165, 1.54) is 6.07 Å². The first-order valence-electron chi connectivity index (χ1n) is 7.08. The van der Waals surface area contributed by atoms with Gasteiger partial charge in [0.1, 0.15) is 17.4 Å². The third-order valence-electron chi connectivity index (χ3n) is 3.78. The summed E-state index contributed by atoms with van der Waals surface area (Å²) in [5.41, 5.74) is 0.846. The van der Waals surface area contributed by atoms with Crippen LogP contribution in [0.15, 0.2) is 23.2 Å². The molecular formula is C15H17FN4S. The van der Waals surface area contributed by atoms with Crippen molar-refractivity contribution in [3.8, 4) is 6.07 Å². The predicted octanol–water partition coefficient (Wildman–Crippen LogP) is 2.31. The van der Waals surface area contributed by atoms with Crippen LogP contribution in [0.25, 0.3) is 0 Å². The molecule has 2 heterocycles. The molecule has 4 nitrogen and oxygen atoms in total. The molecule has 1 aromatic rings. The van der Waals surface area contributed by atoms with Crippen molar-refractivity contribution in [2.45, 2.75) is 12.2 Å². The average Bonchev–Trinajstić information content (AvgIpc) is 2.94. The lowest BCUT2D eigenvalue weighted by Gasteiger charge is -2.37. The Labute approximate surface area is 128 Å². The van der Waals surface area contributed by atoms with Gasteiger partial charge in [-0.2, -0.15) is 5.26 Å². The summed E-state index contributed by atoms with van der Waals surface area (Å²) in [7, 11) is 0. The highest BCUT2D eigenvalue weighted by atomic mass is 32.2. The number of amidine groups is 1. The molecule has 0 aromatic heterocycles. The minimum atomic E-state index is -0.443. The number of benzene rings is 1. The molecule has 0 saturated carbocycles. The second kappa shape index (κ2) is 5.94. The minimum Gasteiger partial charge on any atom is -0.367 e. The molecule has 1 aromatic carbocycles. The lowest BCUT2D eigenvalue weighted by molar-refractivity contribution is 0.392. The number of halogens is 1. The lowest BCUT2D eigenvalue weighted by Crippen LogP contribution is -2.48. The summed E-state index contributed by atoms with van der Waals surface area (Å²) < 4.78 is 13.7. The third kappa shape index (κ3) is 2.84. The molecule has 1 unspecified atom stereocenters. The fraction of sp³-hybridized carbons (Fsp3) is 0.467. The van der Waals surface area contributed by atoms with E-state index >= 15 is 0 Å². The molecule has 1 saturated heterocycles. The Balaban J connectivity index is 1.69. The number of thioether (sulfide) groups is 1. The van der Waals surface area contributed by atoms with Gasteiger partial charge in [0, 0.05) is 31.4 Å². The van der Waals surface area contributed by atoms with Crippen LogP contribution < -0.4 is 4.90 Å². The average molecular weight is 304 g/mol. The molecule has 0 radical (unpaired) electrons. The maximum Gasteiger partial charge on any atom is 0.159 e. The van der Waals surface area contributed by atoms with E-state index in [1.54, 1.807) is 6.07 Å².